The molecule has 1 aromatic rings. The molecule has 1 fully saturated rings. The van der Waals surface area contributed by atoms with Crippen LogP contribution in [0.25, 0.3) is 0 Å². The molecule has 34 heavy (non-hydrogen) atoms. The molecule has 0 bridgehead atoms. The average Bonchev–Trinajstić information content (AvgIpc) is 3.21. The van der Waals surface area contributed by atoms with E-state index in [0.29, 0.717) is 17.5 Å². The number of hydrogen-bond donors (Lipinski definition) is 5. The number of nitrogens with two attached hydrogens (primary N) is 1. The number of aliphatic carboxylic acids is 4. The quantitative estimate of drug-likeness (QED) is 0.297. The molecule has 1 atom stereocenters. The van der Waals surface area contributed by atoms with E-state index in [4.69, 9.17) is 42.5 Å². The lowest BCUT2D eigenvalue weighted by Gasteiger charge is -2.16. The van der Waals surface area contributed by atoms with E-state index >= 15 is 0 Å². The minimum absolute atomic E-state index is 0.296. The van der Waals surface area contributed by atoms with Gasteiger partial charge in [0.25, 0.3) is 0 Å². The van der Waals surface area contributed by atoms with E-state index in [0.717, 1.165) is 31.9 Å². The second-order valence-electron chi connectivity index (χ2n) is 7.40. The zero-order chi connectivity index (χ0) is 26.1. The van der Waals surface area contributed by atoms with Gasteiger partial charge in [-0.2, -0.15) is 0 Å². The summed E-state index contributed by atoms with van der Waals surface area (Å²) in [7, 11) is 0. The van der Waals surface area contributed by atoms with Crippen LogP contribution in [0, 0.1) is 5.92 Å². The Hall–Kier alpha value is -2.89. The number of halogens is 1. The lowest BCUT2D eigenvalue weighted by Crippen LogP contribution is -2.22. The van der Waals surface area contributed by atoms with Gasteiger partial charge >= 0.3 is 23.9 Å². The molecular weight excluding hydrogens is 472 g/mol. The summed E-state index contributed by atoms with van der Waals surface area (Å²) in [5.41, 5.74) is 6.94. The smallest absolute Gasteiger partial charge is 0.303 e. The number of likely N-dealkylation sites (tertiary alicyclic amines) is 1. The van der Waals surface area contributed by atoms with E-state index in [1.807, 2.05) is 19.1 Å². The maximum absolute atomic E-state index is 9.64. The van der Waals surface area contributed by atoms with Crippen molar-refractivity contribution in [2.45, 2.75) is 45.6 Å². The van der Waals surface area contributed by atoms with Gasteiger partial charge in [0.2, 0.25) is 0 Å². The molecule has 0 spiro atoms. The molecule has 0 aromatic heterocycles. The van der Waals surface area contributed by atoms with Crippen LogP contribution in [-0.2, 0) is 25.7 Å². The Bertz CT molecular complexity index is 749. The highest BCUT2D eigenvalue weighted by Crippen LogP contribution is 2.27. The number of nitrogens with zero attached hydrogens (tertiary/aromatic N) is 1. The fourth-order valence-electron chi connectivity index (χ4n) is 2.85. The molecule has 192 valence electrons. The Morgan fingerprint density at radius 3 is 1.85 bits per heavy atom. The van der Waals surface area contributed by atoms with Gasteiger partial charge in [0, 0.05) is 13.1 Å². The summed E-state index contributed by atoms with van der Waals surface area (Å²) < 4.78 is 5.43. The second-order valence-corrected chi connectivity index (χ2v) is 7.81. The first kappa shape index (κ1) is 31.1. The fraction of sp³-hybridized carbons (Fsp3) is 0.545. The highest BCUT2D eigenvalue weighted by molar-refractivity contribution is 6.32. The Morgan fingerprint density at radius 2 is 1.50 bits per heavy atom. The fourth-order valence-corrected chi connectivity index (χ4v) is 3.11. The van der Waals surface area contributed by atoms with Crippen LogP contribution in [0.5, 0.6) is 5.75 Å². The maximum Gasteiger partial charge on any atom is 0.303 e. The standard InChI is InChI=1S/C14H21ClN2O.2C4H6O4/c1-2-18-14-4-3-11(7-13(14)15)9-17-6-5-12(8-16)10-17;2*5-3(6)1-2-4(7)8/h3-4,7,12H,2,5-6,8-10,16H2,1H3;2*1-2H2,(H,5,6)(H,7,8)/t12-;;/m0../s1. The van der Waals surface area contributed by atoms with Crippen molar-refractivity contribution in [2.24, 2.45) is 11.7 Å². The van der Waals surface area contributed by atoms with Gasteiger partial charge in [-0.05, 0) is 50.0 Å². The average molecular weight is 505 g/mol. The summed E-state index contributed by atoms with van der Waals surface area (Å²) in [4.78, 5) is 41.0. The third kappa shape index (κ3) is 15.8. The van der Waals surface area contributed by atoms with Gasteiger partial charge in [-0.3, -0.25) is 24.1 Å². The zero-order valence-corrected chi connectivity index (χ0v) is 19.9. The van der Waals surface area contributed by atoms with Crippen molar-refractivity contribution < 1.29 is 44.3 Å². The first-order valence-corrected chi connectivity index (χ1v) is 11.1. The van der Waals surface area contributed by atoms with Gasteiger partial charge in [-0.25, -0.2) is 0 Å². The van der Waals surface area contributed by atoms with Crippen LogP contribution >= 0.6 is 11.6 Å². The van der Waals surface area contributed by atoms with Crippen molar-refractivity contribution in [1.29, 1.82) is 0 Å². The molecule has 0 unspecified atom stereocenters. The topological polar surface area (TPSA) is 188 Å². The molecule has 1 aliphatic heterocycles. The third-order valence-corrected chi connectivity index (χ3v) is 4.81. The Morgan fingerprint density at radius 1 is 1.00 bits per heavy atom. The van der Waals surface area contributed by atoms with Crippen molar-refractivity contribution in [3.8, 4) is 5.75 Å². The van der Waals surface area contributed by atoms with Gasteiger partial charge in [-0.15, -0.1) is 0 Å². The lowest BCUT2D eigenvalue weighted by molar-refractivity contribution is -0.143. The molecule has 0 saturated carbocycles. The molecule has 1 aromatic carbocycles. The minimum Gasteiger partial charge on any atom is -0.492 e. The van der Waals surface area contributed by atoms with Gasteiger partial charge < -0.3 is 30.9 Å². The molecule has 11 nitrogen and oxygen atoms in total. The number of carboxylic acids is 4. The van der Waals surface area contributed by atoms with Crippen LogP contribution in [0.2, 0.25) is 5.02 Å². The molecule has 1 saturated heterocycles. The van der Waals surface area contributed by atoms with Crippen LogP contribution < -0.4 is 10.5 Å². The van der Waals surface area contributed by atoms with E-state index < -0.39 is 23.9 Å². The van der Waals surface area contributed by atoms with Gasteiger partial charge in [0.05, 0.1) is 37.3 Å². The van der Waals surface area contributed by atoms with Crippen molar-refractivity contribution >= 4 is 35.5 Å². The van der Waals surface area contributed by atoms with Crippen LogP contribution in [0.4, 0.5) is 0 Å². The number of ether oxygens (including phenoxy) is 1. The number of carboxylic acid groups (broad SMARTS) is 4. The van der Waals surface area contributed by atoms with Crippen LogP contribution in [0.15, 0.2) is 18.2 Å². The predicted octanol–water partition coefficient (Wildman–Crippen LogP) is 2.39. The van der Waals surface area contributed by atoms with Crippen LogP contribution in [-0.4, -0.2) is 75.4 Å². The summed E-state index contributed by atoms with van der Waals surface area (Å²) in [6.07, 6.45) is 0.0244. The number of carbonyl (C=O) groups is 4. The molecular formula is C22H33ClN2O9. The Labute approximate surface area is 203 Å². The maximum atomic E-state index is 9.64. The number of rotatable bonds is 11. The van der Waals surface area contributed by atoms with Crippen molar-refractivity contribution in [3.05, 3.63) is 28.8 Å². The second kappa shape index (κ2) is 17.6. The summed E-state index contributed by atoms with van der Waals surface area (Å²) >= 11 is 6.19. The summed E-state index contributed by atoms with van der Waals surface area (Å²) in [5.74, 6) is -2.88. The van der Waals surface area contributed by atoms with E-state index in [-0.39, 0.29) is 25.7 Å². The summed E-state index contributed by atoms with van der Waals surface area (Å²) in [5, 5.41) is 32.3. The third-order valence-electron chi connectivity index (χ3n) is 4.51. The van der Waals surface area contributed by atoms with Crippen molar-refractivity contribution in [1.82, 2.24) is 4.90 Å². The molecule has 0 aliphatic carbocycles. The number of hydrogen-bond acceptors (Lipinski definition) is 7. The van der Waals surface area contributed by atoms with E-state index in [2.05, 4.69) is 11.0 Å². The molecule has 0 radical (unpaired) electrons. The largest absolute Gasteiger partial charge is 0.492 e. The number of benzene rings is 1. The minimum atomic E-state index is -1.08. The van der Waals surface area contributed by atoms with Crippen molar-refractivity contribution in [2.75, 3.05) is 26.2 Å². The van der Waals surface area contributed by atoms with Crippen molar-refractivity contribution in [3.63, 3.8) is 0 Å². The highest BCUT2D eigenvalue weighted by atomic mass is 35.5. The first-order chi connectivity index (χ1) is 16.0. The normalized spacial score (nSPS) is 14.7. The molecule has 0 amide bonds. The monoisotopic (exact) mass is 504 g/mol. The van der Waals surface area contributed by atoms with Gasteiger partial charge in [-0.1, -0.05) is 17.7 Å². The van der Waals surface area contributed by atoms with Crippen LogP contribution in [0.3, 0.4) is 0 Å². The molecule has 2 rings (SSSR count). The Kier molecular flexibility index (Phi) is 16.1. The lowest BCUT2D eigenvalue weighted by atomic mass is 10.1. The molecule has 12 heteroatoms. The first-order valence-electron chi connectivity index (χ1n) is 10.7. The molecule has 6 N–H and O–H groups in total. The van der Waals surface area contributed by atoms with E-state index in [9.17, 15) is 19.2 Å². The van der Waals surface area contributed by atoms with Gasteiger partial charge in [0.15, 0.2) is 0 Å². The van der Waals surface area contributed by atoms with Gasteiger partial charge in [0.1, 0.15) is 5.75 Å². The molecule has 1 heterocycles. The van der Waals surface area contributed by atoms with Crippen LogP contribution in [0.1, 0.15) is 44.6 Å². The summed E-state index contributed by atoms with van der Waals surface area (Å²) in [6.45, 7) is 6.57. The SMILES string of the molecule is CCOc1ccc(CN2CC[C@@H](CN)C2)cc1Cl.O=C(O)CCC(=O)O.O=C(O)CCC(=O)O. The highest BCUT2D eigenvalue weighted by Gasteiger charge is 2.21. The molecule has 1 aliphatic rings. The zero-order valence-electron chi connectivity index (χ0n) is 19.1. The summed E-state index contributed by atoms with van der Waals surface area (Å²) in [6, 6.07) is 6.05. The van der Waals surface area contributed by atoms with E-state index in [1.54, 1.807) is 0 Å². The van der Waals surface area contributed by atoms with E-state index in [1.165, 1.54) is 12.0 Å². The Balaban J connectivity index is 0.000000570. The predicted molar refractivity (Wildman–Crippen MR) is 124 cm³/mol.